The Morgan fingerprint density at radius 2 is 1.36 bits per heavy atom. The van der Waals surface area contributed by atoms with E-state index < -0.39 is 57.2 Å². The van der Waals surface area contributed by atoms with E-state index in [1.54, 1.807) is 0 Å². The molecule has 0 aromatic rings. The molecule has 0 fully saturated rings. The molecule has 0 saturated heterocycles. The lowest BCUT2D eigenvalue weighted by Gasteiger charge is -2.17. The monoisotopic (exact) mass is 327 g/mol. The van der Waals surface area contributed by atoms with Crippen LogP contribution in [0.2, 0.25) is 0 Å². The molecule has 22 heavy (non-hydrogen) atoms. The fourth-order valence-electron chi connectivity index (χ4n) is 1.65. The molecular formula is C8H14FN5O8. The van der Waals surface area contributed by atoms with Crippen LogP contribution in [0.15, 0.2) is 0 Å². The second kappa shape index (κ2) is 7.48. The number of alkyl halides is 1. The van der Waals surface area contributed by atoms with E-state index in [4.69, 9.17) is 0 Å². The van der Waals surface area contributed by atoms with Crippen molar-refractivity contribution in [2.24, 2.45) is 0 Å². The Labute approximate surface area is 122 Å². The third kappa shape index (κ3) is 4.00. The van der Waals surface area contributed by atoms with Gasteiger partial charge in [-0.2, -0.15) is 0 Å². The van der Waals surface area contributed by atoms with Gasteiger partial charge in [-0.05, 0) is 6.42 Å². The van der Waals surface area contributed by atoms with Crippen molar-refractivity contribution in [3.8, 4) is 0 Å². The average Bonchev–Trinajstić information content (AvgIpc) is 2.40. The number of hydrogen-bond acceptors (Lipinski definition) is 9. The minimum absolute atomic E-state index is 0.112. The van der Waals surface area contributed by atoms with Crippen molar-refractivity contribution >= 4 is 0 Å². The summed E-state index contributed by atoms with van der Waals surface area (Å²) >= 11 is 0. The number of rotatable bonds is 11. The lowest BCUT2D eigenvalue weighted by molar-refractivity contribution is -0.832. The van der Waals surface area contributed by atoms with Crippen LogP contribution in [0.4, 0.5) is 4.39 Å². The maximum atomic E-state index is 13.4. The maximum absolute atomic E-state index is 13.4. The first-order valence-electron chi connectivity index (χ1n) is 6.02. The molecule has 0 rings (SSSR count). The van der Waals surface area contributed by atoms with Crippen LogP contribution in [0.5, 0.6) is 0 Å². The van der Waals surface area contributed by atoms with E-state index in [0.29, 0.717) is 0 Å². The van der Waals surface area contributed by atoms with Gasteiger partial charge in [0.25, 0.3) is 0 Å². The van der Waals surface area contributed by atoms with E-state index in [9.17, 15) is 44.8 Å². The van der Waals surface area contributed by atoms with Gasteiger partial charge in [-0.3, -0.25) is 40.5 Å². The third-order valence-corrected chi connectivity index (χ3v) is 2.92. The third-order valence-electron chi connectivity index (χ3n) is 2.92. The van der Waals surface area contributed by atoms with Gasteiger partial charge in [0.05, 0.1) is 16.3 Å². The molecule has 1 N–H and O–H groups in total. The number of hydrogen-bond donors (Lipinski definition) is 1. The van der Waals surface area contributed by atoms with Gasteiger partial charge < -0.3 is 5.32 Å². The van der Waals surface area contributed by atoms with Crippen LogP contribution in [-0.4, -0.2) is 44.4 Å². The second-order valence-electron chi connectivity index (χ2n) is 4.41. The zero-order valence-electron chi connectivity index (χ0n) is 11.5. The molecule has 13 nitrogen and oxygen atoms in total. The van der Waals surface area contributed by atoms with Crippen LogP contribution < -0.4 is 5.32 Å². The number of nitrogens with zero attached hydrogens (tertiary/aromatic N) is 4. The number of nitro groups is 4. The summed E-state index contributed by atoms with van der Waals surface area (Å²) in [6.45, 7) is -0.0776. The molecule has 0 atom stereocenters. The Balaban J connectivity index is 4.84. The van der Waals surface area contributed by atoms with Crippen molar-refractivity contribution in [1.82, 2.24) is 5.32 Å². The largest absolute Gasteiger partial charge is 0.614 e. The zero-order chi connectivity index (χ0) is 17.6. The molecule has 0 aromatic heterocycles. The Bertz CT molecular complexity index is 443. The average molecular weight is 327 g/mol. The van der Waals surface area contributed by atoms with E-state index >= 15 is 0 Å². The predicted molar refractivity (Wildman–Crippen MR) is 66.9 cm³/mol. The highest BCUT2D eigenvalue weighted by Crippen LogP contribution is 2.19. The second-order valence-corrected chi connectivity index (χ2v) is 4.41. The predicted octanol–water partition coefficient (Wildman–Crippen LogP) is 0.193. The Morgan fingerprint density at radius 3 is 1.68 bits per heavy atom. The van der Waals surface area contributed by atoms with Gasteiger partial charge in [-0.1, -0.05) is 11.3 Å². The zero-order valence-corrected chi connectivity index (χ0v) is 11.5. The molecule has 0 aliphatic carbocycles. The molecule has 14 heteroatoms. The summed E-state index contributed by atoms with van der Waals surface area (Å²) < 4.78 is 13.4. The first-order chi connectivity index (χ1) is 10.0. The molecule has 0 bridgehead atoms. The van der Waals surface area contributed by atoms with Crippen molar-refractivity contribution in [1.29, 1.82) is 0 Å². The molecule has 0 aromatic carbocycles. The molecule has 0 aliphatic heterocycles. The molecule has 0 radical (unpaired) electrons. The molecule has 0 heterocycles. The van der Waals surface area contributed by atoms with Crippen LogP contribution in [0.3, 0.4) is 0 Å². The van der Waals surface area contributed by atoms with Crippen LogP contribution in [-0.2, 0) is 0 Å². The number of halogens is 1. The van der Waals surface area contributed by atoms with Crippen LogP contribution in [0, 0.1) is 40.5 Å². The lowest BCUT2D eigenvalue weighted by atomic mass is 10.1. The summed E-state index contributed by atoms with van der Waals surface area (Å²) in [4.78, 5) is 36.7. The van der Waals surface area contributed by atoms with Gasteiger partial charge in [0.2, 0.25) is 0 Å². The van der Waals surface area contributed by atoms with Gasteiger partial charge >= 0.3 is 11.6 Å². The van der Waals surface area contributed by atoms with Crippen molar-refractivity contribution in [2.45, 2.75) is 37.8 Å². The number of nitrogens with one attached hydrogen (secondary N) is 1. The molecule has 126 valence electrons. The molecule has 0 spiro atoms. The Hall–Kier alpha value is -2.51. The van der Waals surface area contributed by atoms with E-state index in [1.807, 2.05) is 0 Å². The van der Waals surface area contributed by atoms with E-state index in [2.05, 4.69) is 5.32 Å². The van der Waals surface area contributed by atoms with E-state index in [-0.39, 0.29) is 6.42 Å². The van der Waals surface area contributed by atoms with Crippen LogP contribution in [0.25, 0.3) is 0 Å². The summed E-state index contributed by atoms with van der Waals surface area (Å²) in [6.07, 6.45) is -1.55. The topological polar surface area (TPSA) is 185 Å². The van der Waals surface area contributed by atoms with Crippen LogP contribution >= 0.6 is 0 Å². The van der Waals surface area contributed by atoms with Gasteiger partial charge in [0.1, 0.15) is 22.8 Å². The summed E-state index contributed by atoms with van der Waals surface area (Å²) in [5.74, 6) is -3.95. The maximum Gasteiger partial charge on any atom is 0.614 e. The minimum atomic E-state index is -3.95. The summed E-state index contributed by atoms with van der Waals surface area (Å²) in [5.41, 5.74) is -2.57. The highest BCUT2D eigenvalue weighted by atomic mass is 19.2. The Morgan fingerprint density at radius 1 is 0.909 bits per heavy atom. The molecule has 0 saturated carbocycles. The molecular weight excluding hydrogens is 313 g/mol. The first-order valence-corrected chi connectivity index (χ1v) is 6.02. The van der Waals surface area contributed by atoms with Crippen molar-refractivity contribution in [3.05, 3.63) is 40.5 Å². The van der Waals surface area contributed by atoms with Gasteiger partial charge in [-0.25, -0.2) is 0 Å². The van der Waals surface area contributed by atoms with Crippen LogP contribution in [0.1, 0.15) is 26.2 Å². The van der Waals surface area contributed by atoms with E-state index in [1.165, 1.54) is 6.92 Å². The SMILES string of the molecule is CCCC(CNCCC(F)([N+](=O)[O-])[N+](=O)[O-])([N+](=O)[O-])[N+](=O)[O-]. The van der Waals surface area contributed by atoms with Gasteiger partial charge in [-0.15, -0.1) is 0 Å². The summed E-state index contributed by atoms with van der Waals surface area (Å²) in [7, 11) is 0. The van der Waals surface area contributed by atoms with Gasteiger partial charge in [0.15, 0.2) is 0 Å². The van der Waals surface area contributed by atoms with E-state index in [0.717, 1.165) is 0 Å². The summed E-state index contributed by atoms with van der Waals surface area (Å²) in [6, 6.07) is 0. The fourth-order valence-corrected chi connectivity index (χ4v) is 1.65. The molecule has 0 unspecified atom stereocenters. The standard InChI is InChI=1S/C8H14FN5O8/c1-2-3-7(11(15)16,12(17)18)6-10-5-4-8(9,13(19)20)14(21)22/h10H,2-6H2,1H3. The highest BCUT2D eigenvalue weighted by Gasteiger charge is 2.58. The smallest absolute Gasteiger partial charge is 0.303 e. The minimum Gasteiger partial charge on any atom is -0.303 e. The highest BCUT2D eigenvalue weighted by molar-refractivity contribution is 4.71. The van der Waals surface area contributed by atoms with Crippen molar-refractivity contribution in [2.75, 3.05) is 13.1 Å². The molecule has 0 amide bonds. The van der Waals surface area contributed by atoms with Crippen molar-refractivity contribution in [3.63, 3.8) is 0 Å². The quantitative estimate of drug-likeness (QED) is 0.182. The Kier molecular flexibility index (Phi) is 6.63. The van der Waals surface area contributed by atoms with Gasteiger partial charge in [0, 0.05) is 6.54 Å². The summed E-state index contributed by atoms with van der Waals surface area (Å²) in [5, 5.41) is 44.5. The van der Waals surface area contributed by atoms with Crippen molar-refractivity contribution < 1.29 is 24.1 Å². The molecule has 0 aliphatic rings. The fraction of sp³-hybridized carbons (Fsp3) is 1.00. The lowest BCUT2D eigenvalue weighted by Crippen LogP contribution is -2.54. The first kappa shape index (κ1) is 19.5. The normalized spacial score (nSPS) is 11.9.